The van der Waals surface area contributed by atoms with E-state index in [2.05, 4.69) is 27.2 Å². The van der Waals surface area contributed by atoms with E-state index in [4.69, 9.17) is 11.6 Å². The maximum Gasteiger partial charge on any atom is 0.155 e. The van der Waals surface area contributed by atoms with Crippen molar-refractivity contribution in [1.29, 1.82) is 0 Å². The summed E-state index contributed by atoms with van der Waals surface area (Å²) in [4.78, 5) is 11.8. The number of aryl methyl sites for hydroxylation is 1. The number of halogens is 1. The van der Waals surface area contributed by atoms with E-state index in [0.29, 0.717) is 5.15 Å². The second-order valence-electron chi connectivity index (χ2n) is 3.79. The summed E-state index contributed by atoms with van der Waals surface area (Å²) >= 11 is 5.95. The fourth-order valence-electron chi connectivity index (χ4n) is 1.61. The molecule has 86 valence electrons. The van der Waals surface area contributed by atoms with E-state index in [-0.39, 0.29) is 0 Å². The number of unbranched alkanes of at least 4 members (excludes halogenated alkanes) is 1. The molecule has 2 aromatic heterocycles. The molecule has 0 saturated heterocycles. The summed E-state index contributed by atoms with van der Waals surface area (Å²) in [6.45, 7) is 4.97. The second-order valence-corrected chi connectivity index (χ2v) is 4.18. The Morgan fingerprint density at radius 2 is 2.25 bits per heavy atom. The first kappa shape index (κ1) is 11.2. The van der Waals surface area contributed by atoms with Gasteiger partial charge in [-0.2, -0.15) is 0 Å². The van der Waals surface area contributed by atoms with Gasteiger partial charge < -0.3 is 10.3 Å². The van der Waals surface area contributed by atoms with E-state index in [1.54, 1.807) is 6.07 Å². The molecule has 4 nitrogen and oxygen atoms in total. The van der Waals surface area contributed by atoms with E-state index in [1.165, 1.54) is 0 Å². The van der Waals surface area contributed by atoms with Crippen molar-refractivity contribution in [1.82, 2.24) is 15.0 Å². The standard InChI is InChI=1S/C11H15ClN4/c1-3-4-5-13-11-10-8(6-9(12)16-11)14-7(2)15-10/h6H,3-5H2,1-2H3,(H,13,16)(H,14,15). The number of hydrogen-bond donors (Lipinski definition) is 2. The Labute approximate surface area is 99.4 Å². The molecule has 2 rings (SSSR count). The largest absolute Gasteiger partial charge is 0.368 e. The van der Waals surface area contributed by atoms with Crippen molar-refractivity contribution in [3.8, 4) is 0 Å². The summed E-state index contributed by atoms with van der Waals surface area (Å²) < 4.78 is 0. The topological polar surface area (TPSA) is 53.6 Å². The molecule has 0 aliphatic heterocycles. The van der Waals surface area contributed by atoms with Gasteiger partial charge in [-0.1, -0.05) is 24.9 Å². The van der Waals surface area contributed by atoms with Crippen molar-refractivity contribution >= 4 is 28.5 Å². The quantitative estimate of drug-likeness (QED) is 0.636. The summed E-state index contributed by atoms with van der Waals surface area (Å²) in [6, 6.07) is 1.79. The molecule has 5 heteroatoms. The van der Waals surface area contributed by atoms with Crippen LogP contribution >= 0.6 is 11.6 Å². The lowest BCUT2D eigenvalue weighted by Crippen LogP contribution is -2.03. The van der Waals surface area contributed by atoms with Gasteiger partial charge in [0.2, 0.25) is 0 Å². The van der Waals surface area contributed by atoms with Crippen molar-refractivity contribution < 1.29 is 0 Å². The maximum absolute atomic E-state index is 5.95. The number of nitrogens with zero attached hydrogens (tertiary/aromatic N) is 2. The molecule has 0 atom stereocenters. The zero-order chi connectivity index (χ0) is 11.5. The highest BCUT2D eigenvalue weighted by atomic mass is 35.5. The molecule has 0 amide bonds. The van der Waals surface area contributed by atoms with Crippen molar-refractivity contribution in [2.75, 3.05) is 11.9 Å². The summed E-state index contributed by atoms with van der Waals surface area (Å²) in [6.07, 6.45) is 2.26. The molecule has 0 aliphatic carbocycles. The van der Waals surface area contributed by atoms with Gasteiger partial charge in [-0.25, -0.2) is 9.97 Å². The van der Waals surface area contributed by atoms with Gasteiger partial charge >= 0.3 is 0 Å². The fourth-order valence-corrected chi connectivity index (χ4v) is 1.81. The number of fused-ring (bicyclic) bond motifs is 1. The van der Waals surface area contributed by atoms with Gasteiger partial charge in [0.1, 0.15) is 16.5 Å². The highest BCUT2D eigenvalue weighted by Crippen LogP contribution is 2.22. The highest BCUT2D eigenvalue weighted by molar-refractivity contribution is 6.30. The molecule has 0 radical (unpaired) electrons. The predicted molar refractivity (Wildman–Crippen MR) is 67.0 cm³/mol. The van der Waals surface area contributed by atoms with Gasteiger partial charge in [0.25, 0.3) is 0 Å². The fraction of sp³-hybridized carbons (Fsp3) is 0.455. The number of hydrogen-bond acceptors (Lipinski definition) is 3. The SMILES string of the molecule is CCCCNc1nc(Cl)cc2[nH]c(C)nc12. The number of nitrogens with one attached hydrogen (secondary N) is 2. The Hall–Kier alpha value is -1.29. The van der Waals surface area contributed by atoms with Gasteiger partial charge in [0.15, 0.2) is 5.82 Å². The number of H-pyrrole nitrogens is 1. The number of anilines is 1. The summed E-state index contributed by atoms with van der Waals surface area (Å²) in [5.41, 5.74) is 1.79. The van der Waals surface area contributed by atoms with Gasteiger partial charge in [0.05, 0.1) is 5.52 Å². The average molecular weight is 239 g/mol. The van der Waals surface area contributed by atoms with E-state index in [0.717, 1.165) is 42.1 Å². The molecule has 2 aromatic rings. The van der Waals surface area contributed by atoms with E-state index >= 15 is 0 Å². The minimum absolute atomic E-state index is 0.482. The van der Waals surface area contributed by atoms with Gasteiger partial charge in [-0.05, 0) is 13.3 Å². The van der Waals surface area contributed by atoms with Crippen LogP contribution in [-0.2, 0) is 0 Å². The number of aromatic amines is 1. The maximum atomic E-state index is 5.95. The molecule has 0 aromatic carbocycles. The smallest absolute Gasteiger partial charge is 0.155 e. The van der Waals surface area contributed by atoms with E-state index in [1.807, 2.05) is 6.92 Å². The first-order valence-corrected chi connectivity index (χ1v) is 5.85. The lowest BCUT2D eigenvalue weighted by atomic mass is 10.3. The molecule has 0 fully saturated rings. The third kappa shape index (κ3) is 2.27. The predicted octanol–water partition coefficient (Wildman–Crippen LogP) is 3.13. The second kappa shape index (κ2) is 4.70. The minimum Gasteiger partial charge on any atom is -0.368 e. The third-order valence-corrected chi connectivity index (χ3v) is 2.57. The van der Waals surface area contributed by atoms with Crippen LogP contribution in [-0.4, -0.2) is 21.5 Å². The van der Waals surface area contributed by atoms with Gasteiger partial charge in [0, 0.05) is 12.6 Å². The molecular formula is C11H15ClN4. The number of imidazole rings is 1. The van der Waals surface area contributed by atoms with Crippen LogP contribution in [0.3, 0.4) is 0 Å². The monoisotopic (exact) mass is 238 g/mol. The minimum atomic E-state index is 0.482. The molecule has 2 heterocycles. The summed E-state index contributed by atoms with van der Waals surface area (Å²) in [5.74, 6) is 1.64. The third-order valence-electron chi connectivity index (χ3n) is 2.38. The molecule has 0 spiro atoms. The first-order chi connectivity index (χ1) is 7.70. The Bertz CT molecular complexity index is 492. The van der Waals surface area contributed by atoms with Crippen LogP contribution in [0.2, 0.25) is 5.15 Å². The van der Waals surface area contributed by atoms with Gasteiger partial charge in [-0.15, -0.1) is 0 Å². The molecule has 0 saturated carbocycles. The van der Waals surface area contributed by atoms with Crippen molar-refractivity contribution in [2.45, 2.75) is 26.7 Å². The van der Waals surface area contributed by atoms with E-state index in [9.17, 15) is 0 Å². The summed E-state index contributed by atoms with van der Waals surface area (Å²) in [7, 11) is 0. The lowest BCUT2D eigenvalue weighted by Gasteiger charge is -2.05. The normalized spacial score (nSPS) is 10.9. The molecular weight excluding hydrogens is 224 g/mol. The Morgan fingerprint density at radius 3 is 3.00 bits per heavy atom. The van der Waals surface area contributed by atoms with Crippen molar-refractivity contribution in [2.24, 2.45) is 0 Å². The van der Waals surface area contributed by atoms with Crippen LogP contribution in [0.1, 0.15) is 25.6 Å². The molecule has 0 bridgehead atoms. The van der Waals surface area contributed by atoms with Crippen LogP contribution in [0.5, 0.6) is 0 Å². The molecule has 2 N–H and O–H groups in total. The Morgan fingerprint density at radius 1 is 1.44 bits per heavy atom. The molecule has 0 unspecified atom stereocenters. The van der Waals surface area contributed by atoms with Crippen LogP contribution in [0, 0.1) is 6.92 Å². The lowest BCUT2D eigenvalue weighted by molar-refractivity contribution is 0.832. The average Bonchev–Trinajstić information content (AvgIpc) is 2.58. The number of aromatic nitrogens is 3. The summed E-state index contributed by atoms with van der Waals surface area (Å²) in [5, 5.41) is 3.75. The van der Waals surface area contributed by atoms with Crippen LogP contribution in [0.25, 0.3) is 11.0 Å². The zero-order valence-corrected chi connectivity index (χ0v) is 10.2. The van der Waals surface area contributed by atoms with Crippen LogP contribution in [0.4, 0.5) is 5.82 Å². The van der Waals surface area contributed by atoms with Gasteiger partial charge in [-0.3, -0.25) is 0 Å². The number of pyridine rings is 1. The zero-order valence-electron chi connectivity index (χ0n) is 9.47. The number of rotatable bonds is 4. The van der Waals surface area contributed by atoms with Crippen molar-refractivity contribution in [3.05, 3.63) is 17.0 Å². The van der Waals surface area contributed by atoms with Crippen LogP contribution in [0.15, 0.2) is 6.07 Å². The first-order valence-electron chi connectivity index (χ1n) is 5.47. The van der Waals surface area contributed by atoms with E-state index < -0.39 is 0 Å². The Balaban J connectivity index is 2.34. The van der Waals surface area contributed by atoms with Crippen LogP contribution < -0.4 is 5.32 Å². The highest BCUT2D eigenvalue weighted by Gasteiger charge is 2.08. The molecule has 16 heavy (non-hydrogen) atoms. The van der Waals surface area contributed by atoms with Crippen molar-refractivity contribution in [3.63, 3.8) is 0 Å². The molecule has 0 aliphatic rings. The Kier molecular flexibility index (Phi) is 3.29.